The Labute approximate surface area is 117 Å². The number of hydrogen-bond donors (Lipinski definition) is 1. The quantitative estimate of drug-likeness (QED) is 0.767. The second-order valence-corrected chi connectivity index (χ2v) is 5.78. The smallest absolute Gasteiger partial charge is 0.188 e. The number of nitrogens with zero attached hydrogens (tertiary/aromatic N) is 1. The molecule has 1 aromatic heterocycles. The van der Waals surface area contributed by atoms with Crippen molar-refractivity contribution in [1.82, 2.24) is 4.98 Å². The van der Waals surface area contributed by atoms with Gasteiger partial charge in [-0.2, -0.15) is 0 Å². The third kappa shape index (κ3) is 2.74. The zero-order chi connectivity index (χ0) is 11.7. The van der Waals surface area contributed by atoms with E-state index in [1.54, 1.807) is 0 Å². The van der Waals surface area contributed by atoms with Crippen LogP contribution in [-0.2, 0) is 0 Å². The van der Waals surface area contributed by atoms with Crippen LogP contribution in [0.15, 0.2) is 26.6 Å². The Morgan fingerprint density at radius 3 is 2.69 bits per heavy atom. The van der Waals surface area contributed by atoms with Crippen LogP contribution in [0.3, 0.4) is 0 Å². The van der Waals surface area contributed by atoms with Crippen molar-refractivity contribution in [3.63, 3.8) is 0 Å². The minimum atomic E-state index is -0.386. The third-order valence-corrected chi connectivity index (χ3v) is 4.11. The predicted molar refractivity (Wildman–Crippen MR) is 72.2 cm³/mol. The summed E-state index contributed by atoms with van der Waals surface area (Å²) < 4.78 is 14.3. The molecule has 0 aliphatic carbocycles. The minimum Gasteiger partial charge on any atom is -0.329 e. The van der Waals surface area contributed by atoms with Gasteiger partial charge in [-0.3, -0.25) is 0 Å². The van der Waals surface area contributed by atoms with E-state index in [0.717, 1.165) is 4.60 Å². The third-order valence-electron chi connectivity index (χ3n) is 1.71. The van der Waals surface area contributed by atoms with E-state index in [0.29, 0.717) is 20.3 Å². The number of thiazole rings is 1. The molecule has 0 saturated heterocycles. The SMILES string of the molecule is Fc1cc(Cl)c(Nc2nc(Br)cs2)c(Br)c1. The van der Waals surface area contributed by atoms with E-state index in [1.165, 1.54) is 23.5 Å². The van der Waals surface area contributed by atoms with Crippen molar-refractivity contribution in [3.05, 3.63) is 37.4 Å². The van der Waals surface area contributed by atoms with Gasteiger partial charge in [0.1, 0.15) is 10.4 Å². The molecule has 0 radical (unpaired) electrons. The van der Waals surface area contributed by atoms with E-state index in [2.05, 4.69) is 42.2 Å². The van der Waals surface area contributed by atoms with E-state index < -0.39 is 0 Å². The molecule has 0 aliphatic rings. The number of aromatic nitrogens is 1. The Morgan fingerprint density at radius 2 is 2.12 bits per heavy atom. The first-order valence-corrected chi connectivity index (χ1v) is 6.93. The van der Waals surface area contributed by atoms with Crippen LogP contribution in [-0.4, -0.2) is 4.98 Å². The molecular formula is C9H4Br2ClFN2S. The lowest BCUT2D eigenvalue weighted by Gasteiger charge is -2.07. The molecule has 0 bridgehead atoms. The summed E-state index contributed by atoms with van der Waals surface area (Å²) in [5.74, 6) is -0.386. The highest BCUT2D eigenvalue weighted by atomic mass is 79.9. The van der Waals surface area contributed by atoms with Crippen molar-refractivity contribution in [2.24, 2.45) is 0 Å². The number of hydrogen-bond acceptors (Lipinski definition) is 3. The van der Waals surface area contributed by atoms with Crippen molar-refractivity contribution in [2.75, 3.05) is 5.32 Å². The van der Waals surface area contributed by atoms with E-state index in [4.69, 9.17) is 11.6 Å². The van der Waals surface area contributed by atoms with Crippen molar-refractivity contribution >= 4 is 65.6 Å². The molecule has 2 aromatic rings. The van der Waals surface area contributed by atoms with Gasteiger partial charge in [0.25, 0.3) is 0 Å². The molecule has 7 heteroatoms. The molecule has 0 spiro atoms. The first kappa shape index (κ1) is 12.3. The van der Waals surface area contributed by atoms with Crippen LogP contribution in [0.4, 0.5) is 15.2 Å². The normalized spacial score (nSPS) is 10.5. The van der Waals surface area contributed by atoms with Crippen molar-refractivity contribution in [3.8, 4) is 0 Å². The maximum absolute atomic E-state index is 13.0. The van der Waals surface area contributed by atoms with Crippen LogP contribution < -0.4 is 5.32 Å². The second-order valence-electron chi connectivity index (χ2n) is 2.84. The zero-order valence-electron chi connectivity index (χ0n) is 7.60. The average Bonchev–Trinajstić information content (AvgIpc) is 2.58. The molecular weight excluding hydrogens is 382 g/mol. The van der Waals surface area contributed by atoms with Gasteiger partial charge in [-0.1, -0.05) is 11.6 Å². The Hall–Kier alpha value is -0.170. The summed E-state index contributed by atoms with van der Waals surface area (Å²) in [7, 11) is 0. The number of anilines is 2. The topological polar surface area (TPSA) is 24.9 Å². The number of halogens is 4. The van der Waals surface area contributed by atoms with E-state index in [1.807, 2.05) is 5.38 Å². The van der Waals surface area contributed by atoms with Crippen molar-refractivity contribution in [1.29, 1.82) is 0 Å². The van der Waals surface area contributed by atoms with Crippen LogP contribution >= 0.6 is 54.8 Å². The first-order chi connectivity index (χ1) is 7.56. The zero-order valence-corrected chi connectivity index (χ0v) is 12.3. The number of benzene rings is 1. The summed E-state index contributed by atoms with van der Waals surface area (Å²) in [5.41, 5.74) is 0.602. The molecule has 84 valence electrons. The Kier molecular flexibility index (Phi) is 3.84. The van der Waals surface area contributed by atoms with Crippen LogP contribution in [0, 0.1) is 5.82 Å². The second kappa shape index (κ2) is 5.00. The molecule has 0 atom stereocenters. The van der Waals surface area contributed by atoms with Gasteiger partial charge in [0, 0.05) is 9.85 Å². The van der Waals surface area contributed by atoms with Gasteiger partial charge in [0.15, 0.2) is 5.13 Å². The molecule has 0 amide bonds. The lowest BCUT2D eigenvalue weighted by molar-refractivity contribution is 0.627. The highest BCUT2D eigenvalue weighted by Gasteiger charge is 2.09. The molecule has 0 aliphatic heterocycles. The lowest BCUT2D eigenvalue weighted by Crippen LogP contribution is -1.92. The fourth-order valence-electron chi connectivity index (χ4n) is 1.08. The standard InChI is InChI=1S/C9H4Br2ClFN2S/c10-5-1-4(13)2-6(12)8(5)15-9-14-7(11)3-16-9/h1-3H,(H,14,15). The monoisotopic (exact) mass is 384 g/mol. The largest absolute Gasteiger partial charge is 0.329 e. The summed E-state index contributed by atoms with van der Waals surface area (Å²) in [4.78, 5) is 4.16. The van der Waals surface area contributed by atoms with Gasteiger partial charge in [-0.05, 0) is 44.0 Å². The number of nitrogens with one attached hydrogen (secondary N) is 1. The lowest BCUT2D eigenvalue weighted by atomic mass is 10.3. The van der Waals surface area contributed by atoms with Gasteiger partial charge in [0.05, 0.1) is 10.7 Å². The molecule has 2 nitrogen and oxygen atoms in total. The van der Waals surface area contributed by atoms with Gasteiger partial charge < -0.3 is 5.32 Å². The molecule has 2 rings (SSSR count). The highest BCUT2D eigenvalue weighted by molar-refractivity contribution is 9.10. The van der Waals surface area contributed by atoms with Crippen molar-refractivity contribution < 1.29 is 4.39 Å². The molecule has 1 N–H and O–H groups in total. The highest BCUT2D eigenvalue weighted by Crippen LogP contribution is 2.35. The van der Waals surface area contributed by atoms with Gasteiger partial charge in [0.2, 0.25) is 0 Å². The predicted octanol–water partition coefficient (Wildman–Crippen LogP) is 5.20. The fourth-order valence-corrected chi connectivity index (χ4v) is 3.13. The van der Waals surface area contributed by atoms with Gasteiger partial charge in [-0.25, -0.2) is 9.37 Å². The first-order valence-electron chi connectivity index (χ1n) is 4.09. The average molecular weight is 386 g/mol. The molecule has 0 saturated carbocycles. The van der Waals surface area contributed by atoms with E-state index in [9.17, 15) is 4.39 Å². The maximum atomic E-state index is 13.0. The summed E-state index contributed by atoms with van der Waals surface area (Å²) in [6.07, 6.45) is 0. The summed E-state index contributed by atoms with van der Waals surface area (Å²) >= 11 is 13.8. The van der Waals surface area contributed by atoms with E-state index >= 15 is 0 Å². The maximum Gasteiger partial charge on any atom is 0.188 e. The summed E-state index contributed by atoms with van der Waals surface area (Å²) in [5, 5.41) is 5.85. The fraction of sp³-hybridized carbons (Fsp3) is 0. The summed E-state index contributed by atoms with van der Waals surface area (Å²) in [6, 6.07) is 2.59. The molecule has 1 aromatic carbocycles. The Bertz CT molecular complexity index is 509. The number of rotatable bonds is 2. The molecule has 1 heterocycles. The Morgan fingerprint density at radius 1 is 1.38 bits per heavy atom. The molecule has 0 fully saturated rings. The van der Waals surface area contributed by atoms with Crippen LogP contribution in [0.2, 0.25) is 5.02 Å². The van der Waals surface area contributed by atoms with E-state index in [-0.39, 0.29) is 5.82 Å². The Balaban J connectivity index is 2.34. The van der Waals surface area contributed by atoms with Gasteiger partial charge >= 0.3 is 0 Å². The minimum absolute atomic E-state index is 0.304. The van der Waals surface area contributed by atoms with Crippen LogP contribution in [0.1, 0.15) is 0 Å². The van der Waals surface area contributed by atoms with Crippen LogP contribution in [0.25, 0.3) is 0 Å². The molecule has 16 heavy (non-hydrogen) atoms. The van der Waals surface area contributed by atoms with Crippen LogP contribution in [0.5, 0.6) is 0 Å². The van der Waals surface area contributed by atoms with Gasteiger partial charge in [-0.15, -0.1) is 11.3 Å². The molecule has 0 unspecified atom stereocenters. The van der Waals surface area contributed by atoms with Crippen molar-refractivity contribution in [2.45, 2.75) is 0 Å². The summed E-state index contributed by atoms with van der Waals surface area (Å²) in [6.45, 7) is 0.